The number of carbonyl (C=O) groups excluding carboxylic acids is 3. The fourth-order valence-corrected chi connectivity index (χ4v) is 11.2. The molecule has 0 aliphatic carbocycles. The molecule has 0 spiro atoms. The van der Waals surface area contributed by atoms with E-state index in [9.17, 15) is 24.6 Å². The maximum Gasteiger partial charge on any atom is 0.248 e. The second-order valence-electron chi connectivity index (χ2n) is 19.7. The van der Waals surface area contributed by atoms with Crippen molar-refractivity contribution in [3.63, 3.8) is 0 Å². The molecule has 0 bridgehead atoms. The lowest BCUT2D eigenvalue weighted by molar-refractivity contribution is -0.142. The summed E-state index contributed by atoms with van der Waals surface area (Å²) in [7, 11) is 0. The van der Waals surface area contributed by atoms with E-state index in [4.69, 9.17) is 27.3 Å². The summed E-state index contributed by atoms with van der Waals surface area (Å²) in [4.78, 5) is 71.4. The quantitative estimate of drug-likeness (QED) is 0.126. The molecule has 4 aliphatic heterocycles. The van der Waals surface area contributed by atoms with Crippen molar-refractivity contribution >= 4 is 52.7 Å². The molecule has 0 saturated carbocycles. The number of piperidine rings is 2. The van der Waals surface area contributed by atoms with Crippen molar-refractivity contribution in [1.82, 2.24) is 54.9 Å². The van der Waals surface area contributed by atoms with Gasteiger partial charge in [-0.3, -0.25) is 24.3 Å². The normalized spacial score (nSPS) is 21.2. The molecule has 4 aromatic heterocycles. The molecule has 8 rings (SSSR count). The number of nitrogens with zero attached hydrogens (tertiary/aromatic N) is 12. The monoisotopic (exact) mass is 986 g/mol. The van der Waals surface area contributed by atoms with E-state index in [1.54, 1.807) is 35.7 Å². The molecule has 4 aromatic rings. The van der Waals surface area contributed by atoms with Gasteiger partial charge in [0.2, 0.25) is 17.7 Å². The number of piperazine rings is 1. The Hall–Kier alpha value is -4.99. The van der Waals surface area contributed by atoms with Crippen LogP contribution < -0.4 is 20.9 Å². The van der Waals surface area contributed by atoms with Crippen LogP contribution >= 0.6 is 23.4 Å². The number of anilines is 2. The highest BCUT2D eigenvalue weighted by molar-refractivity contribution is 7.99. The van der Waals surface area contributed by atoms with Gasteiger partial charge in [0.1, 0.15) is 28.6 Å². The Kier molecular flexibility index (Phi) is 16.4. The number of halogens is 1. The van der Waals surface area contributed by atoms with Gasteiger partial charge in [0.15, 0.2) is 5.82 Å². The zero-order valence-electron chi connectivity index (χ0n) is 40.2. The second kappa shape index (κ2) is 22.4. The maximum absolute atomic E-state index is 14.1. The smallest absolute Gasteiger partial charge is 0.248 e. The van der Waals surface area contributed by atoms with E-state index >= 15 is 0 Å². The third-order valence-corrected chi connectivity index (χ3v) is 15.8. The number of aryl methyl sites for hydroxylation is 1. The van der Waals surface area contributed by atoms with Gasteiger partial charge in [-0.15, -0.1) is 5.10 Å². The van der Waals surface area contributed by atoms with Gasteiger partial charge >= 0.3 is 0 Å². The Morgan fingerprint density at radius 2 is 1.72 bits per heavy atom. The van der Waals surface area contributed by atoms with Crippen LogP contribution in [0.2, 0.25) is 5.02 Å². The van der Waals surface area contributed by atoms with Crippen molar-refractivity contribution in [3.8, 4) is 0 Å². The van der Waals surface area contributed by atoms with E-state index < -0.39 is 18.2 Å². The number of hydrogen-bond acceptors (Lipinski definition) is 16. The summed E-state index contributed by atoms with van der Waals surface area (Å²) in [5.41, 5.74) is 8.21. The van der Waals surface area contributed by atoms with Crippen molar-refractivity contribution < 1.29 is 24.6 Å². The average molecular weight is 988 g/mol. The van der Waals surface area contributed by atoms with Crippen LogP contribution in [-0.2, 0) is 21.0 Å². The molecule has 0 unspecified atom stereocenters. The van der Waals surface area contributed by atoms with Gasteiger partial charge in [0.25, 0.3) is 0 Å². The molecule has 372 valence electrons. The Bertz CT molecular complexity index is 2390. The maximum atomic E-state index is 14.1. The van der Waals surface area contributed by atoms with Crippen LogP contribution in [0.1, 0.15) is 88.3 Å². The largest absolute Gasteiger partial charge is 0.391 e. The average Bonchev–Trinajstić information content (AvgIpc) is 3.98. The number of aliphatic hydroxyl groups is 2. The molecule has 4 aliphatic rings. The summed E-state index contributed by atoms with van der Waals surface area (Å²) >= 11 is 8.41. The lowest BCUT2D eigenvalue weighted by atomic mass is 9.80. The third kappa shape index (κ3) is 11.8. The number of hydrogen-bond donors (Lipinski definition) is 4. The summed E-state index contributed by atoms with van der Waals surface area (Å²) in [6.45, 7) is 14.6. The highest BCUT2D eigenvalue weighted by Crippen LogP contribution is 2.39. The molecule has 5 N–H and O–H groups in total. The van der Waals surface area contributed by atoms with Crippen molar-refractivity contribution in [2.24, 2.45) is 23.0 Å². The number of pyridine rings is 2. The SMILES string of the molecule is Cc1cn([C@H](C(=O)N2C[C@H](O)C[C@H]2C(=O)N[C@@H](CCN2CCN(C(=O)C3CCN(c4nccc(Sc5cnc(N6CCC(C)(CN)CC6)c(CO)n5)c4Cl)CC3)CC2)c2cccnc2)C(C)C)nn1. The van der Waals surface area contributed by atoms with Crippen LogP contribution in [0.5, 0.6) is 0 Å². The first kappa shape index (κ1) is 50.4. The van der Waals surface area contributed by atoms with Crippen molar-refractivity contribution in [3.05, 3.63) is 71.2 Å². The van der Waals surface area contributed by atoms with Crippen LogP contribution in [0.3, 0.4) is 0 Å². The topological polar surface area (TPSA) is 228 Å². The van der Waals surface area contributed by atoms with E-state index in [-0.39, 0.29) is 60.6 Å². The molecular weight excluding hydrogens is 920 g/mol. The number of nitrogens with two attached hydrogens (primary N) is 1. The van der Waals surface area contributed by atoms with Crippen LogP contribution in [0, 0.1) is 24.2 Å². The zero-order valence-corrected chi connectivity index (χ0v) is 41.7. The summed E-state index contributed by atoms with van der Waals surface area (Å²) in [6.07, 6.45) is 11.8. The number of amides is 3. The zero-order chi connectivity index (χ0) is 48.8. The molecule has 69 heavy (non-hydrogen) atoms. The van der Waals surface area contributed by atoms with Gasteiger partial charge in [-0.25, -0.2) is 19.6 Å². The number of aliphatic hydroxyl groups excluding tert-OH is 2. The molecular formula is C48H67ClN14O5S. The molecule has 4 fully saturated rings. The molecule has 19 nitrogen and oxygen atoms in total. The summed E-state index contributed by atoms with van der Waals surface area (Å²) < 4.78 is 1.55. The van der Waals surface area contributed by atoms with Crippen LogP contribution in [-0.4, -0.2) is 162 Å². The van der Waals surface area contributed by atoms with Gasteiger partial charge in [-0.05, 0) is 74.6 Å². The van der Waals surface area contributed by atoms with Gasteiger partial charge in [0.05, 0.1) is 35.7 Å². The molecule has 3 amide bonds. The molecule has 4 saturated heterocycles. The summed E-state index contributed by atoms with van der Waals surface area (Å²) in [5.74, 6) is 0.733. The first-order valence-electron chi connectivity index (χ1n) is 24.3. The minimum absolute atomic E-state index is 0.0580. The van der Waals surface area contributed by atoms with Gasteiger partial charge in [-0.1, -0.05) is 55.4 Å². The van der Waals surface area contributed by atoms with Crippen molar-refractivity contribution in [2.45, 2.75) is 107 Å². The van der Waals surface area contributed by atoms with E-state index in [0.717, 1.165) is 36.4 Å². The van der Waals surface area contributed by atoms with Gasteiger partial charge in [-0.2, -0.15) is 0 Å². The van der Waals surface area contributed by atoms with Gasteiger partial charge < -0.3 is 40.9 Å². The van der Waals surface area contributed by atoms with E-state index in [1.165, 1.54) is 16.7 Å². The summed E-state index contributed by atoms with van der Waals surface area (Å²) in [6, 6.07) is 3.74. The highest BCUT2D eigenvalue weighted by Gasteiger charge is 2.43. The number of carbonyl (C=O) groups is 3. The Morgan fingerprint density at radius 1 is 0.986 bits per heavy atom. The van der Waals surface area contributed by atoms with E-state index in [0.29, 0.717) is 105 Å². The standard InChI is InChI=1S/C48H67ClN14O5S/c1-31(2)42(63-27-32(3)56-57-63)47(68)62-28-35(65)24-38(62)45(66)55-36(34-6-5-13-51-25-34)10-15-58-20-22-61(23-21-58)46(67)33-8-16-59(17-9-33)44-41(49)39(7-14-52-44)69-40-26-53-43(37(29-64)54-40)60-18-11-48(4,30-50)12-19-60/h5-7,13-14,25-27,31,33,35-36,38,42,64-65H,8-12,15-24,28-30,50H2,1-4H3,(H,55,66)/t35-,36+,38+,42+/m1/s1. The predicted octanol–water partition coefficient (Wildman–Crippen LogP) is 3.50. The van der Waals surface area contributed by atoms with Gasteiger partial charge in [0, 0.05) is 107 Å². The Labute approximate surface area is 413 Å². The van der Waals surface area contributed by atoms with Crippen LogP contribution in [0.4, 0.5) is 11.6 Å². The third-order valence-electron chi connectivity index (χ3n) is 14.4. The molecule has 4 atom stereocenters. The molecule has 0 aromatic carbocycles. The Morgan fingerprint density at radius 3 is 2.38 bits per heavy atom. The fraction of sp³-hybridized carbons (Fsp3) is 0.604. The molecule has 8 heterocycles. The minimum atomic E-state index is -0.845. The molecule has 21 heteroatoms. The number of nitrogens with one attached hydrogen (secondary N) is 1. The lowest BCUT2D eigenvalue weighted by Gasteiger charge is -2.39. The lowest BCUT2D eigenvalue weighted by Crippen LogP contribution is -2.52. The number of aromatic nitrogens is 7. The predicted molar refractivity (Wildman–Crippen MR) is 262 cm³/mol. The highest BCUT2D eigenvalue weighted by atomic mass is 35.5. The number of likely N-dealkylation sites (tertiary alicyclic amines) is 1. The van der Waals surface area contributed by atoms with Crippen LogP contribution in [0.25, 0.3) is 0 Å². The van der Waals surface area contributed by atoms with Crippen molar-refractivity contribution in [1.29, 1.82) is 0 Å². The van der Waals surface area contributed by atoms with E-state index in [1.807, 2.05) is 43.9 Å². The van der Waals surface area contributed by atoms with Crippen LogP contribution in [0.15, 0.2) is 59.1 Å². The fourth-order valence-electron chi connectivity index (χ4n) is 10.1. The van der Waals surface area contributed by atoms with E-state index in [2.05, 4.69) is 47.2 Å². The Balaban J connectivity index is 0.819. The summed E-state index contributed by atoms with van der Waals surface area (Å²) in [5, 5.41) is 33.6. The second-order valence-corrected chi connectivity index (χ2v) is 21.1. The first-order valence-corrected chi connectivity index (χ1v) is 25.5. The van der Waals surface area contributed by atoms with Crippen molar-refractivity contribution in [2.75, 3.05) is 81.8 Å². The molecule has 0 radical (unpaired) electrons. The number of rotatable bonds is 16. The first-order chi connectivity index (χ1) is 33.2. The number of β-amino-alcohol motifs (C(OH)–C–C–N with tert-alkyl or cyclic N) is 1. The minimum Gasteiger partial charge on any atom is -0.391 e.